The molecule has 0 bridgehead atoms. The lowest BCUT2D eigenvalue weighted by Crippen LogP contribution is -2.06. The minimum atomic E-state index is -0.255. The maximum Gasteiger partial charge on any atom is 0.139 e. The molecule has 2 rings (SSSR count). The molecule has 0 saturated carbocycles. The van der Waals surface area contributed by atoms with Gasteiger partial charge in [0.1, 0.15) is 5.82 Å². The van der Waals surface area contributed by atoms with Crippen LogP contribution in [0.2, 0.25) is 0 Å². The molecule has 1 atom stereocenters. The molecule has 2 aromatic carbocycles. The molecule has 1 N–H and O–H groups in total. The SMILES string of the molecule is CC(Nc1ccc(Br)c(F)c1)c1ccc(I)cc1. The second-order valence-corrected chi connectivity index (χ2v) is 6.15. The average Bonchev–Trinajstić information content (AvgIpc) is 2.34. The molecule has 0 aliphatic rings. The van der Waals surface area contributed by atoms with Gasteiger partial charge in [0.05, 0.1) is 4.47 Å². The summed E-state index contributed by atoms with van der Waals surface area (Å²) in [7, 11) is 0. The molecule has 0 spiro atoms. The van der Waals surface area contributed by atoms with Crippen LogP contribution in [0.1, 0.15) is 18.5 Å². The zero-order valence-corrected chi connectivity index (χ0v) is 13.5. The molecule has 0 aliphatic carbocycles. The number of nitrogens with one attached hydrogen (secondary N) is 1. The number of rotatable bonds is 3. The van der Waals surface area contributed by atoms with Gasteiger partial charge in [-0.05, 0) is 81.3 Å². The van der Waals surface area contributed by atoms with E-state index in [2.05, 4.69) is 75.0 Å². The highest BCUT2D eigenvalue weighted by molar-refractivity contribution is 14.1. The third kappa shape index (κ3) is 3.45. The molecule has 2 aromatic rings. The Morgan fingerprint density at radius 2 is 1.83 bits per heavy atom. The van der Waals surface area contributed by atoms with Gasteiger partial charge in [-0.1, -0.05) is 12.1 Å². The first-order valence-corrected chi connectivity index (χ1v) is 7.40. The first-order chi connectivity index (χ1) is 8.56. The summed E-state index contributed by atoms with van der Waals surface area (Å²) >= 11 is 5.42. The molecule has 0 aliphatic heterocycles. The number of hydrogen-bond acceptors (Lipinski definition) is 1. The summed E-state index contributed by atoms with van der Waals surface area (Å²) < 4.78 is 15.1. The summed E-state index contributed by atoms with van der Waals surface area (Å²) in [6.45, 7) is 2.06. The third-order valence-corrected chi connectivity index (χ3v) is 4.04. The fraction of sp³-hybridized carbons (Fsp3) is 0.143. The van der Waals surface area contributed by atoms with E-state index in [1.54, 1.807) is 6.07 Å². The molecule has 0 saturated heterocycles. The molecule has 0 aromatic heterocycles. The van der Waals surface area contributed by atoms with Crippen LogP contribution in [-0.4, -0.2) is 0 Å². The molecule has 4 heteroatoms. The van der Waals surface area contributed by atoms with Gasteiger partial charge in [0.25, 0.3) is 0 Å². The van der Waals surface area contributed by atoms with Gasteiger partial charge >= 0.3 is 0 Å². The summed E-state index contributed by atoms with van der Waals surface area (Å²) in [6.07, 6.45) is 0. The highest BCUT2D eigenvalue weighted by Crippen LogP contribution is 2.23. The van der Waals surface area contributed by atoms with Crippen LogP contribution in [0.5, 0.6) is 0 Å². The lowest BCUT2D eigenvalue weighted by Gasteiger charge is -2.16. The Hall–Kier alpha value is -0.620. The topological polar surface area (TPSA) is 12.0 Å². The van der Waals surface area contributed by atoms with E-state index < -0.39 is 0 Å². The zero-order chi connectivity index (χ0) is 13.1. The number of benzene rings is 2. The third-order valence-electron chi connectivity index (χ3n) is 2.67. The molecule has 0 fully saturated rings. The molecule has 0 heterocycles. The molecular formula is C14H12BrFIN. The van der Waals surface area contributed by atoms with Crippen molar-refractivity contribution < 1.29 is 4.39 Å². The van der Waals surface area contributed by atoms with Gasteiger partial charge in [-0.3, -0.25) is 0 Å². The van der Waals surface area contributed by atoms with E-state index in [4.69, 9.17) is 0 Å². The van der Waals surface area contributed by atoms with Gasteiger partial charge in [0.15, 0.2) is 0 Å². The summed E-state index contributed by atoms with van der Waals surface area (Å²) in [5.74, 6) is -0.255. The fourth-order valence-corrected chi connectivity index (χ4v) is 2.28. The van der Waals surface area contributed by atoms with Crippen LogP contribution < -0.4 is 5.32 Å². The van der Waals surface area contributed by atoms with Gasteiger partial charge in [0.2, 0.25) is 0 Å². The van der Waals surface area contributed by atoms with Crippen LogP contribution in [0.3, 0.4) is 0 Å². The monoisotopic (exact) mass is 419 g/mol. The highest BCUT2D eigenvalue weighted by atomic mass is 127. The Labute approximate surface area is 128 Å². The maximum absolute atomic E-state index is 13.4. The number of halogens is 3. The van der Waals surface area contributed by atoms with Crippen molar-refractivity contribution in [2.24, 2.45) is 0 Å². The predicted molar refractivity (Wildman–Crippen MR) is 85.3 cm³/mol. The van der Waals surface area contributed by atoms with Crippen molar-refractivity contribution in [2.75, 3.05) is 5.32 Å². The standard InChI is InChI=1S/C14H12BrFIN/c1-9(10-2-4-11(17)5-3-10)18-12-6-7-13(15)14(16)8-12/h2-9,18H,1H3. The minimum absolute atomic E-state index is 0.141. The normalized spacial score (nSPS) is 12.2. The van der Waals surface area contributed by atoms with E-state index in [1.165, 1.54) is 15.2 Å². The number of anilines is 1. The quantitative estimate of drug-likeness (QED) is 0.660. The largest absolute Gasteiger partial charge is 0.378 e. The Bertz CT molecular complexity index is 542. The first kappa shape index (κ1) is 13.8. The van der Waals surface area contributed by atoms with E-state index in [-0.39, 0.29) is 11.9 Å². The van der Waals surface area contributed by atoms with E-state index in [9.17, 15) is 4.39 Å². The van der Waals surface area contributed by atoms with Crippen LogP contribution in [0.15, 0.2) is 46.9 Å². The molecular weight excluding hydrogens is 408 g/mol. The molecule has 1 unspecified atom stereocenters. The summed E-state index contributed by atoms with van der Waals surface area (Å²) in [6, 6.07) is 13.5. The minimum Gasteiger partial charge on any atom is -0.378 e. The smallest absolute Gasteiger partial charge is 0.139 e. The Balaban J connectivity index is 2.13. The van der Waals surface area contributed by atoms with Crippen molar-refractivity contribution in [3.05, 3.63) is 61.9 Å². The van der Waals surface area contributed by atoms with Gasteiger partial charge in [0, 0.05) is 15.3 Å². The first-order valence-electron chi connectivity index (χ1n) is 5.53. The van der Waals surface area contributed by atoms with Gasteiger partial charge in [-0.2, -0.15) is 0 Å². The fourth-order valence-electron chi connectivity index (χ4n) is 1.67. The van der Waals surface area contributed by atoms with Crippen molar-refractivity contribution in [3.63, 3.8) is 0 Å². The lowest BCUT2D eigenvalue weighted by atomic mass is 10.1. The Kier molecular flexibility index (Phi) is 4.61. The summed E-state index contributed by atoms with van der Waals surface area (Å²) in [5.41, 5.74) is 1.96. The summed E-state index contributed by atoms with van der Waals surface area (Å²) in [5, 5.41) is 3.28. The second-order valence-electron chi connectivity index (χ2n) is 4.05. The van der Waals surface area contributed by atoms with E-state index in [0.717, 1.165) is 5.69 Å². The lowest BCUT2D eigenvalue weighted by molar-refractivity contribution is 0.621. The molecule has 1 nitrogen and oxygen atoms in total. The highest BCUT2D eigenvalue weighted by Gasteiger charge is 2.06. The molecule has 0 amide bonds. The van der Waals surface area contributed by atoms with Crippen LogP contribution in [0.25, 0.3) is 0 Å². The van der Waals surface area contributed by atoms with Crippen molar-refractivity contribution >= 4 is 44.2 Å². The van der Waals surface area contributed by atoms with E-state index in [1.807, 2.05) is 6.07 Å². The van der Waals surface area contributed by atoms with Crippen LogP contribution in [0.4, 0.5) is 10.1 Å². The van der Waals surface area contributed by atoms with E-state index in [0.29, 0.717) is 4.47 Å². The molecule has 0 radical (unpaired) electrons. The summed E-state index contributed by atoms with van der Waals surface area (Å²) in [4.78, 5) is 0. The molecule has 18 heavy (non-hydrogen) atoms. The van der Waals surface area contributed by atoms with Crippen LogP contribution in [-0.2, 0) is 0 Å². The zero-order valence-electron chi connectivity index (χ0n) is 9.75. The Morgan fingerprint density at radius 1 is 1.17 bits per heavy atom. The Morgan fingerprint density at radius 3 is 2.44 bits per heavy atom. The van der Waals surface area contributed by atoms with E-state index >= 15 is 0 Å². The van der Waals surface area contributed by atoms with Crippen molar-refractivity contribution in [1.82, 2.24) is 0 Å². The van der Waals surface area contributed by atoms with Gasteiger partial charge in [-0.25, -0.2) is 4.39 Å². The number of hydrogen-bond donors (Lipinski definition) is 1. The van der Waals surface area contributed by atoms with Crippen molar-refractivity contribution in [3.8, 4) is 0 Å². The van der Waals surface area contributed by atoms with Crippen LogP contribution >= 0.6 is 38.5 Å². The second kappa shape index (κ2) is 6.02. The van der Waals surface area contributed by atoms with Gasteiger partial charge < -0.3 is 5.32 Å². The van der Waals surface area contributed by atoms with Gasteiger partial charge in [-0.15, -0.1) is 0 Å². The molecule has 94 valence electrons. The van der Waals surface area contributed by atoms with Crippen molar-refractivity contribution in [1.29, 1.82) is 0 Å². The van der Waals surface area contributed by atoms with Crippen LogP contribution in [0, 0.1) is 9.39 Å². The maximum atomic E-state index is 13.4. The average molecular weight is 420 g/mol. The van der Waals surface area contributed by atoms with Crippen molar-refractivity contribution in [2.45, 2.75) is 13.0 Å². The predicted octanol–water partition coefficient (Wildman–Crippen LogP) is 5.37.